The van der Waals surface area contributed by atoms with Crippen LogP contribution in [-0.4, -0.2) is 18.0 Å². The lowest BCUT2D eigenvalue weighted by molar-refractivity contribution is -0.137. The van der Waals surface area contributed by atoms with E-state index in [1.807, 2.05) is 29.6 Å². The molecule has 3 rings (SSSR count). The van der Waals surface area contributed by atoms with Crippen LogP contribution in [0.5, 0.6) is 0 Å². The predicted octanol–water partition coefficient (Wildman–Crippen LogP) is 5.82. The highest BCUT2D eigenvalue weighted by Gasteiger charge is 2.30. The molecule has 0 spiro atoms. The van der Waals surface area contributed by atoms with Crippen molar-refractivity contribution >= 4 is 27.5 Å². The minimum Gasteiger partial charge on any atom is -0.331 e. The summed E-state index contributed by atoms with van der Waals surface area (Å²) in [6.07, 6.45) is -4.41. The Morgan fingerprint density at radius 2 is 1.93 bits per heavy atom. The van der Waals surface area contributed by atoms with Gasteiger partial charge in [-0.1, -0.05) is 30.3 Å². The molecule has 1 unspecified atom stereocenters. The Morgan fingerprint density at radius 3 is 2.67 bits per heavy atom. The van der Waals surface area contributed by atoms with Crippen molar-refractivity contribution in [1.29, 1.82) is 0 Å². The Bertz CT molecular complexity index is 952. The second-order valence-electron chi connectivity index (χ2n) is 6.41. The molecule has 2 aromatic carbocycles. The van der Waals surface area contributed by atoms with Gasteiger partial charge in [-0.15, -0.1) is 11.3 Å². The van der Waals surface area contributed by atoms with E-state index >= 15 is 0 Å². The predicted molar refractivity (Wildman–Crippen MR) is 102 cm³/mol. The van der Waals surface area contributed by atoms with Gasteiger partial charge in [0, 0.05) is 18.3 Å². The molecule has 1 heterocycles. The quantitative estimate of drug-likeness (QED) is 0.596. The minimum atomic E-state index is -4.41. The zero-order chi connectivity index (χ0) is 19.6. The molecule has 3 nitrogen and oxygen atoms in total. The molecule has 0 saturated carbocycles. The van der Waals surface area contributed by atoms with Crippen molar-refractivity contribution in [3.05, 3.63) is 70.6 Å². The molecule has 142 valence electrons. The number of alkyl halides is 3. The molecule has 1 aromatic heterocycles. The van der Waals surface area contributed by atoms with Crippen LogP contribution in [0.4, 0.5) is 18.0 Å². The molecule has 3 aromatic rings. The van der Waals surface area contributed by atoms with Crippen molar-refractivity contribution in [2.24, 2.45) is 0 Å². The Morgan fingerprint density at radius 1 is 1.19 bits per heavy atom. The zero-order valence-corrected chi connectivity index (χ0v) is 15.7. The Balaban J connectivity index is 1.67. The molecular formula is C20H19F3N2OS. The number of hydrogen-bond donors (Lipinski definition) is 1. The zero-order valence-electron chi connectivity index (χ0n) is 14.9. The van der Waals surface area contributed by atoms with E-state index in [9.17, 15) is 18.0 Å². The molecule has 0 aliphatic rings. The fourth-order valence-electron chi connectivity index (χ4n) is 2.85. The van der Waals surface area contributed by atoms with Gasteiger partial charge in [0.2, 0.25) is 0 Å². The molecule has 0 radical (unpaired) electrons. The molecule has 1 atom stereocenters. The van der Waals surface area contributed by atoms with E-state index in [1.54, 1.807) is 31.4 Å². The second-order valence-corrected chi connectivity index (χ2v) is 7.32. The number of benzene rings is 2. The number of hydrogen-bond acceptors (Lipinski definition) is 2. The summed E-state index contributed by atoms with van der Waals surface area (Å²) in [6, 6.07) is 12.1. The molecular weight excluding hydrogens is 373 g/mol. The summed E-state index contributed by atoms with van der Waals surface area (Å²) in [5, 5.41) is 5.88. The molecule has 0 bridgehead atoms. The largest absolute Gasteiger partial charge is 0.416 e. The van der Waals surface area contributed by atoms with E-state index in [0.29, 0.717) is 12.1 Å². The Kier molecular flexibility index (Phi) is 5.41. The summed E-state index contributed by atoms with van der Waals surface area (Å²) in [4.78, 5) is 14.0. The van der Waals surface area contributed by atoms with Crippen LogP contribution < -0.4 is 5.32 Å². The fraction of sp³-hybridized carbons (Fsp3) is 0.250. The van der Waals surface area contributed by atoms with Gasteiger partial charge in [-0.3, -0.25) is 0 Å². The van der Waals surface area contributed by atoms with Crippen LogP contribution in [0.2, 0.25) is 0 Å². The van der Waals surface area contributed by atoms with Crippen LogP contribution in [0.25, 0.3) is 10.1 Å². The smallest absolute Gasteiger partial charge is 0.331 e. The molecule has 7 heteroatoms. The van der Waals surface area contributed by atoms with Crippen molar-refractivity contribution < 1.29 is 18.0 Å². The first kappa shape index (κ1) is 19.2. The van der Waals surface area contributed by atoms with Crippen molar-refractivity contribution in [1.82, 2.24) is 10.2 Å². The summed E-state index contributed by atoms with van der Waals surface area (Å²) in [5.74, 6) is 0. The third-order valence-electron chi connectivity index (χ3n) is 4.37. The van der Waals surface area contributed by atoms with Crippen LogP contribution in [0, 0.1) is 0 Å². The van der Waals surface area contributed by atoms with E-state index in [1.165, 1.54) is 11.0 Å². The number of rotatable bonds is 4. The number of carbonyl (C=O) groups excluding carboxylic acids is 1. The number of nitrogens with one attached hydrogen (secondary N) is 1. The van der Waals surface area contributed by atoms with Crippen LogP contribution in [0.1, 0.15) is 29.7 Å². The lowest BCUT2D eigenvalue weighted by Crippen LogP contribution is -2.38. The number of thiophene rings is 1. The van der Waals surface area contributed by atoms with Gasteiger partial charge in [-0.25, -0.2) is 4.79 Å². The molecule has 0 fully saturated rings. The number of carbonyl (C=O) groups is 1. The number of nitrogens with zero attached hydrogens (tertiary/aromatic N) is 1. The van der Waals surface area contributed by atoms with Gasteiger partial charge in [-0.2, -0.15) is 13.2 Å². The van der Waals surface area contributed by atoms with Gasteiger partial charge < -0.3 is 10.2 Å². The molecule has 27 heavy (non-hydrogen) atoms. The van der Waals surface area contributed by atoms with E-state index in [-0.39, 0.29) is 6.03 Å². The molecule has 0 aliphatic carbocycles. The van der Waals surface area contributed by atoms with E-state index < -0.39 is 17.8 Å². The Hall–Kier alpha value is -2.54. The first-order valence-corrected chi connectivity index (χ1v) is 9.27. The summed E-state index contributed by atoms with van der Waals surface area (Å²) in [6.45, 7) is 2.09. The van der Waals surface area contributed by atoms with Crippen LogP contribution in [0.15, 0.2) is 53.9 Å². The summed E-state index contributed by atoms with van der Waals surface area (Å²) >= 11 is 1.62. The summed E-state index contributed by atoms with van der Waals surface area (Å²) in [7, 11) is 1.67. The molecule has 2 amide bonds. The maximum absolute atomic E-state index is 12.9. The average Bonchev–Trinajstić information content (AvgIpc) is 3.04. The third kappa shape index (κ3) is 4.42. The summed E-state index contributed by atoms with van der Waals surface area (Å²) in [5.41, 5.74) is 0.728. The number of fused-ring (bicyclic) bond motifs is 1. The number of urea groups is 1. The number of halogens is 3. The Labute approximate surface area is 159 Å². The normalized spacial score (nSPS) is 12.8. The van der Waals surface area contributed by atoms with Crippen molar-refractivity contribution in [2.45, 2.75) is 25.7 Å². The first-order valence-electron chi connectivity index (χ1n) is 8.39. The van der Waals surface area contributed by atoms with Gasteiger partial charge in [-0.05, 0) is 47.0 Å². The highest BCUT2D eigenvalue weighted by atomic mass is 32.1. The highest BCUT2D eigenvalue weighted by Crippen LogP contribution is 2.31. The lowest BCUT2D eigenvalue weighted by atomic mass is 10.1. The standard InChI is InChI=1S/C20H19F3N2OS/c1-13(14-6-5-7-16(10-14)20(21,22)23)24-19(26)25(2)11-15-12-27-18-9-4-3-8-17(15)18/h3-10,12-13H,11H2,1-2H3,(H,24,26). The lowest BCUT2D eigenvalue weighted by Gasteiger charge is -2.22. The van der Waals surface area contributed by atoms with Crippen LogP contribution >= 0.6 is 11.3 Å². The van der Waals surface area contributed by atoms with Gasteiger partial charge in [0.15, 0.2) is 0 Å². The maximum atomic E-state index is 12.9. The van der Waals surface area contributed by atoms with Gasteiger partial charge in [0.25, 0.3) is 0 Å². The van der Waals surface area contributed by atoms with E-state index in [2.05, 4.69) is 5.32 Å². The topological polar surface area (TPSA) is 32.3 Å². The van der Waals surface area contributed by atoms with Gasteiger partial charge >= 0.3 is 12.2 Å². The van der Waals surface area contributed by atoms with Crippen LogP contribution in [-0.2, 0) is 12.7 Å². The van der Waals surface area contributed by atoms with E-state index in [0.717, 1.165) is 27.8 Å². The highest BCUT2D eigenvalue weighted by molar-refractivity contribution is 7.17. The molecule has 1 N–H and O–H groups in total. The fourth-order valence-corrected chi connectivity index (χ4v) is 3.80. The van der Waals surface area contributed by atoms with Gasteiger partial charge in [0.1, 0.15) is 0 Å². The summed E-state index contributed by atoms with van der Waals surface area (Å²) < 4.78 is 39.8. The third-order valence-corrected chi connectivity index (χ3v) is 5.38. The van der Waals surface area contributed by atoms with Crippen molar-refractivity contribution in [2.75, 3.05) is 7.05 Å². The van der Waals surface area contributed by atoms with Gasteiger partial charge in [0.05, 0.1) is 11.6 Å². The first-order chi connectivity index (χ1) is 12.8. The van der Waals surface area contributed by atoms with E-state index in [4.69, 9.17) is 0 Å². The molecule has 0 aliphatic heterocycles. The second kappa shape index (κ2) is 7.60. The average molecular weight is 392 g/mol. The minimum absolute atomic E-state index is 0.338. The number of amides is 2. The van der Waals surface area contributed by atoms with Crippen molar-refractivity contribution in [3.63, 3.8) is 0 Å². The molecule has 0 saturated heterocycles. The monoisotopic (exact) mass is 392 g/mol. The SMILES string of the molecule is CC(NC(=O)N(C)Cc1csc2ccccc12)c1cccc(C(F)(F)F)c1. The van der Waals surface area contributed by atoms with Crippen LogP contribution in [0.3, 0.4) is 0 Å². The van der Waals surface area contributed by atoms with Crippen molar-refractivity contribution in [3.8, 4) is 0 Å². The maximum Gasteiger partial charge on any atom is 0.416 e.